The van der Waals surface area contributed by atoms with Crippen molar-refractivity contribution in [2.75, 3.05) is 0 Å². The zero-order valence-electron chi connectivity index (χ0n) is 9.44. The van der Waals surface area contributed by atoms with Gasteiger partial charge in [0.15, 0.2) is 0 Å². The van der Waals surface area contributed by atoms with E-state index >= 15 is 0 Å². The Kier molecular flexibility index (Phi) is 2.37. The summed E-state index contributed by atoms with van der Waals surface area (Å²) >= 11 is 0. The predicted molar refractivity (Wildman–Crippen MR) is 58.8 cm³/mol. The minimum atomic E-state index is -1.07. The van der Waals surface area contributed by atoms with Crippen LogP contribution < -0.4 is 0 Å². The average Bonchev–Trinajstić information content (AvgIpc) is 2.41. The first-order valence-electron chi connectivity index (χ1n) is 5.10. The molecule has 0 amide bonds. The number of rotatable bonds is 2. The highest BCUT2D eigenvalue weighted by atomic mass is 28.3. The molecule has 0 aromatic rings. The van der Waals surface area contributed by atoms with Crippen molar-refractivity contribution in [3.05, 3.63) is 6.04 Å². The molecule has 0 saturated heterocycles. The van der Waals surface area contributed by atoms with Gasteiger partial charge in [-0.3, -0.25) is 0 Å². The van der Waals surface area contributed by atoms with Crippen LogP contribution in [0.25, 0.3) is 0 Å². The zero-order chi connectivity index (χ0) is 9.57. The van der Waals surface area contributed by atoms with Crippen LogP contribution in [-0.2, 0) is 0 Å². The van der Waals surface area contributed by atoms with E-state index in [4.69, 9.17) is 0 Å². The van der Waals surface area contributed by atoms with Crippen LogP contribution in [0.15, 0.2) is 0 Å². The second-order valence-corrected chi connectivity index (χ2v) is 11.3. The van der Waals surface area contributed by atoms with Gasteiger partial charge in [0.25, 0.3) is 8.07 Å². The van der Waals surface area contributed by atoms with Crippen LogP contribution in [0, 0.1) is 17.9 Å². The second kappa shape index (κ2) is 2.80. The van der Waals surface area contributed by atoms with Crippen LogP contribution in [-0.4, -0.2) is 8.07 Å². The Hall–Kier alpha value is 0.0869. The van der Waals surface area contributed by atoms with Gasteiger partial charge in [0.1, 0.15) is 0 Å². The van der Waals surface area contributed by atoms with Crippen LogP contribution in [0.5, 0.6) is 0 Å². The summed E-state index contributed by atoms with van der Waals surface area (Å²) in [5.41, 5.74) is 0. The summed E-state index contributed by atoms with van der Waals surface area (Å²) in [5.74, 6) is 1.95. The molecule has 0 nitrogen and oxygen atoms in total. The minimum Gasteiger partial charge on any atom is -0.0586 e. The van der Waals surface area contributed by atoms with Crippen molar-refractivity contribution in [3.63, 3.8) is 0 Å². The molecule has 0 spiro atoms. The zero-order valence-corrected chi connectivity index (χ0v) is 10.4. The monoisotopic (exact) mass is 183 g/mol. The highest BCUT2D eigenvalue weighted by molar-refractivity contribution is 6.83. The summed E-state index contributed by atoms with van der Waals surface area (Å²) in [4.78, 5) is 0. The summed E-state index contributed by atoms with van der Waals surface area (Å²) in [6.07, 6.45) is 1.45. The molecule has 0 unspecified atom stereocenters. The third-order valence-electron chi connectivity index (χ3n) is 3.74. The van der Waals surface area contributed by atoms with E-state index in [2.05, 4.69) is 46.8 Å². The Morgan fingerprint density at radius 2 is 1.67 bits per heavy atom. The molecule has 1 aliphatic rings. The summed E-state index contributed by atoms with van der Waals surface area (Å²) in [6, 6.07) is 2.71. The molecular weight excluding hydrogens is 160 g/mol. The molecular formula is C11H23Si+. The Balaban J connectivity index is 2.48. The fourth-order valence-electron chi connectivity index (χ4n) is 1.37. The summed E-state index contributed by atoms with van der Waals surface area (Å²) in [7, 11) is -1.07. The van der Waals surface area contributed by atoms with Gasteiger partial charge in [-0.2, -0.15) is 0 Å². The van der Waals surface area contributed by atoms with Gasteiger partial charge in [0, 0.05) is 12.0 Å². The van der Waals surface area contributed by atoms with Gasteiger partial charge in [0.2, 0.25) is 0 Å². The first kappa shape index (κ1) is 10.2. The number of hydrogen-bond acceptors (Lipinski definition) is 0. The molecule has 2 atom stereocenters. The van der Waals surface area contributed by atoms with E-state index in [9.17, 15) is 0 Å². The molecule has 1 heteroatoms. The van der Waals surface area contributed by atoms with E-state index in [0.717, 1.165) is 11.8 Å². The van der Waals surface area contributed by atoms with Gasteiger partial charge < -0.3 is 0 Å². The summed E-state index contributed by atoms with van der Waals surface area (Å²) in [6.45, 7) is 14.5. The van der Waals surface area contributed by atoms with Crippen LogP contribution in [0.3, 0.4) is 0 Å². The molecule has 0 aliphatic heterocycles. The minimum absolute atomic E-state index is 0.537. The fraction of sp³-hybridized carbons (Fsp3) is 0.909. The van der Waals surface area contributed by atoms with Crippen molar-refractivity contribution >= 4 is 8.07 Å². The number of hydrogen-bond donors (Lipinski definition) is 0. The third-order valence-corrected chi connectivity index (χ3v) is 8.86. The molecule has 1 rings (SSSR count). The molecule has 1 aliphatic carbocycles. The third kappa shape index (κ3) is 2.06. The summed E-state index contributed by atoms with van der Waals surface area (Å²) < 4.78 is 0. The molecule has 0 radical (unpaired) electrons. The lowest BCUT2D eigenvalue weighted by atomic mass is 10.2. The quantitative estimate of drug-likeness (QED) is 0.450. The maximum Gasteiger partial charge on any atom is 0.267 e. The second-order valence-electron chi connectivity index (χ2n) is 6.02. The Morgan fingerprint density at radius 3 is 1.92 bits per heavy atom. The fourth-order valence-corrected chi connectivity index (χ4v) is 3.40. The first-order chi connectivity index (χ1) is 5.24. The van der Waals surface area contributed by atoms with Gasteiger partial charge in [-0.1, -0.05) is 27.7 Å². The molecule has 1 fully saturated rings. The normalized spacial score (nSPS) is 30.2. The van der Waals surface area contributed by atoms with E-state index in [-0.39, 0.29) is 0 Å². The average molecular weight is 183 g/mol. The largest absolute Gasteiger partial charge is 0.267 e. The molecule has 0 aromatic heterocycles. The molecule has 70 valence electrons. The highest BCUT2D eigenvalue weighted by Crippen LogP contribution is 2.48. The van der Waals surface area contributed by atoms with Crippen molar-refractivity contribution in [2.24, 2.45) is 11.8 Å². The Bertz CT molecular complexity index is 164. The van der Waals surface area contributed by atoms with E-state index < -0.39 is 8.07 Å². The first-order valence-corrected chi connectivity index (χ1v) is 8.18. The molecule has 0 aromatic carbocycles. The lowest BCUT2D eigenvalue weighted by molar-refractivity contribution is 0.714. The van der Waals surface area contributed by atoms with Crippen molar-refractivity contribution < 1.29 is 0 Å². The maximum absolute atomic E-state index is 2.71. The molecule has 12 heavy (non-hydrogen) atoms. The van der Waals surface area contributed by atoms with E-state index in [1.807, 2.05) is 0 Å². The van der Waals surface area contributed by atoms with E-state index in [1.54, 1.807) is 0 Å². The molecule has 1 saturated carbocycles. The van der Waals surface area contributed by atoms with E-state index in [0.29, 0.717) is 5.04 Å². The van der Waals surface area contributed by atoms with Crippen molar-refractivity contribution in [1.82, 2.24) is 0 Å². The van der Waals surface area contributed by atoms with Gasteiger partial charge >= 0.3 is 0 Å². The molecule has 0 N–H and O–H groups in total. The SMILES string of the molecule is C[C@H]1C[C@H]1[CH+][Si](C)(C)C(C)(C)C. The summed E-state index contributed by atoms with van der Waals surface area (Å²) in [5, 5.41) is 0.537. The van der Waals surface area contributed by atoms with E-state index in [1.165, 1.54) is 6.42 Å². The molecule has 0 bridgehead atoms. The van der Waals surface area contributed by atoms with Crippen LogP contribution in [0.2, 0.25) is 18.1 Å². The van der Waals surface area contributed by atoms with Gasteiger partial charge in [-0.25, -0.2) is 0 Å². The smallest absolute Gasteiger partial charge is 0.0586 e. The molecule has 0 heterocycles. The van der Waals surface area contributed by atoms with Crippen molar-refractivity contribution in [1.29, 1.82) is 0 Å². The van der Waals surface area contributed by atoms with Crippen molar-refractivity contribution in [2.45, 2.75) is 52.2 Å². The lowest BCUT2D eigenvalue weighted by Gasteiger charge is -2.28. The van der Waals surface area contributed by atoms with Crippen LogP contribution >= 0.6 is 0 Å². The Morgan fingerprint density at radius 1 is 1.25 bits per heavy atom. The highest BCUT2D eigenvalue weighted by Gasteiger charge is 2.52. The predicted octanol–water partition coefficient (Wildman–Crippen LogP) is 3.89. The van der Waals surface area contributed by atoms with Gasteiger partial charge in [-0.15, -0.1) is 0 Å². The topological polar surface area (TPSA) is 0 Å². The lowest BCUT2D eigenvalue weighted by Crippen LogP contribution is -2.38. The van der Waals surface area contributed by atoms with Crippen LogP contribution in [0.1, 0.15) is 34.1 Å². The van der Waals surface area contributed by atoms with Crippen molar-refractivity contribution in [3.8, 4) is 0 Å². The standard InChI is InChI=1S/C11H23Si/c1-9-7-10(9)8-12(5,6)11(2,3)4/h8-10H,7H2,1-6H3/q+1/t9-,10-/m0/s1. The van der Waals surface area contributed by atoms with Crippen LogP contribution in [0.4, 0.5) is 0 Å². The van der Waals surface area contributed by atoms with Gasteiger partial charge in [0.05, 0.1) is 5.92 Å². The Labute approximate surface area is 78.8 Å². The maximum atomic E-state index is 2.71. The van der Waals surface area contributed by atoms with Gasteiger partial charge in [-0.05, 0) is 24.6 Å².